The van der Waals surface area contributed by atoms with Gasteiger partial charge in [0.05, 0.1) is 24.4 Å². The van der Waals surface area contributed by atoms with Gasteiger partial charge in [0.15, 0.2) is 5.94 Å². The number of carbonyl (C=O) groups excluding carboxylic acids is 2. The number of nitrogens with one attached hydrogen (secondary N) is 2. The Morgan fingerprint density at radius 2 is 1.83 bits per heavy atom. The van der Waals surface area contributed by atoms with E-state index in [0.717, 1.165) is 15.9 Å². The quantitative estimate of drug-likeness (QED) is 0.521. The Hall–Kier alpha value is -3.47. The fourth-order valence-corrected chi connectivity index (χ4v) is 4.94. The van der Waals surface area contributed by atoms with Gasteiger partial charge in [-0.2, -0.15) is 0 Å². The van der Waals surface area contributed by atoms with E-state index in [-0.39, 0.29) is 30.3 Å². The number of rotatable bonds is 5. The van der Waals surface area contributed by atoms with Crippen molar-refractivity contribution in [3.05, 3.63) is 88.2 Å². The number of anilines is 3. The van der Waals surface area contributed by atoms with E-state index in [1.165, 1.54) is 18.2 Å². The SMILES string of the molecule is Cc1ccc(NC(=O)c2ccc(N3CCOCS3(=O)=O)cc2F)cc1NC(=O)c1cccc(Cl)c1. The summed E-state index contributed by atoms with van der Waals surface area (Å²) in [5, 5.41) is 5.80. The van der Waals surface area contributed by atoms with Gasteiger partial charge < -0.3 is 15.4 Å². The molecule has 0 radical (unpaired) electrons. The first-order chi connectivity index (χ1) is 16.6. The molecule has 1 saturated heterocycles. The summed E-state index contributed by atoms with van der Waals surface area (Å²) in [5.74, 6) is -2.46. The lowest BCUT2D eigenvalue weighted by molar-refractivity contribution is 0.101. The van der Waals surface area contributed by atoms with Crippen LogP contribution in [-0.4, -0.2) is 39.3 Å². The van der Waals surface area contributed by atoms with Crippen molar-refractivity contribution in [2.75, 3.05) is 34.0 Å². The van der Waals surface area contributed by atoms with Crippen molar-refractivity contribution in [3.63, 3.8) is 0 Å². The minimum absolute atomic E-state index is 0.0559. The first-order valence-electron chi connectivity index (χ1n) is 10.5. The Morgan fingerprint density at radius 3 is 2.54 bits per heavy atom. The second-order valence-corrected chi connectivity index (χ2v) is 10.1. The predicted octanol–water partition coefficient (Wildman–Crippen LogP) is 4.42. The Kier molecular flexibility index (Phi) is 7.06. The van der Waals surface area contributed by atoms with E-state index < -0.39 is 27.7 Å². The maximum atomic E-state index is 14.8. The van der Waals surface area contributed by atoms with Gasteiger partial charge in [-0.1, -0.05) is 23.7 Å². The van der Waals surface area contributed by atoms with E-state index in [1.807, 2.05) is 0 Å². The molecule has 0 bridgehead atoms. The molecule has 1 aliphatic heterocycles. The van der Waals surface area contributed by atoms with Crippen LogP contribution in [0.4, 0.5) is 21.5 Å². The number of halogens is 2. The lowest BCUT2D eigenvalue weighted by Crippen LogP contribution is -2.41. The molecule has 0 aliphatic carbocycles. The summed E-state index contributed by atoms with van der Waals surface area (Å²) >= 11 is 5.95. The summed E-state index contributed by atoms with van der Waals surface area (Å²) in [5.41, 5.74) is 1.77. The molecule has 1 heterocycles. The number of benzene rings is 3. The van der Waals surface area contributed by atoms with Crippen LogP contribution < -0.4 is 14.9 Å². The third kappa shape index (κ3) is 5.61. The minimum Gasteiger partial charge on any atom is -0.362 e. The molecule has 0 aromatic heterocycles. The van der Waals surface area contributed by atoms with E-state index in [0.29, 0.717) is 22.0 Å². The lowest BCUT2D eigenvalue weighted by atomic mass is 10.1. The van der Waals surface area contributed by atoms with Gasteiger partial charge in [-0.25, -0.2) is 12.8 Å². The van der Waals surface area contributed by atoms with Crippen LogP contribution in [0.5, 0.6) is 0 Å². The minimum atomic E-state index is -3.71. The molecule has 8 nitrogen and oxygen atoms in total. The van der Waals surface area contributed by atoms with Gasteiger partial charge in [-0.3, -0.25) is 13.9 Å². The highest BCUT2D eigenvalue weighted by Crippen LogP contribution is 2.26. The average molecular weight is 518 g/mol. The van der Waals surface area contributed by atoms with Gasteiger partial charge in [0, 0.05) is 22.0 Å². The maximum Gasteiger partial charge on any atom is 0.259 e. The van der Waals surface area contributed by atoms with E-state index in [9.17, 15) is 22.4 Å². The molecule has 0 saturated carbocycles. The molecule has 0 unspecified atom stereocenters. The Labute approximate surface area is 206 Å². The molecule has 0 spiro atoms. The molecule has 35 heavy (non-hydrogen) atoms. The third-order valence-corrected chi connectivity index (χ3v) is 7.09. The number of ether oxygens (including phenoxy) is 1. The summed E-state index contributed by atoms with van der Waals surface area (Å²) in [6, 6.07) is 14.9. The van der Waals surface area contributed by atoms with Crippen molar-refractivity contribution in [1.29, 1.82) is 0 Å². The van der Waals surface area contributed by atoms with Crippen LogP contribution in [-0.2, 0) is 14.8 Å². The van der Waals surface area contributed by atoms with Crippen LogP contribution in [0.15, 0.2) is 60.7 Å². The van der Waals surface area contributed by atoms with Crippen LogP contribution in [0.25, 0.3) is 0 Å². The first kappa shape index (κ1) is 24.6. The van der Waals surface area contributed by atoms with E-state index in [1.54, 1.807) is 43.3 Å². The molecule has 2 N–H and O–H groups in total. The van der Waals surface area contributed by atoms with Crippen molar-refractivity contribution in [2.45, 2.75) is 6.92 Å². The molecular formula is C24H21ClFN3O5S. The highest BCUT2D eigenvalue weighted by molar-refractivity contribution is 7.92. The fraction of sp³-hybridized carbons (Fsp3) is 0.167. The van der Waals surface area contributed by atoms with Gasteiger partial charge in [0.2, 0.25) is 0 Å². The summed E-state index contributed by atoms with van der Waals surface area (Å²) in [4.78, 5) is 25.3. The van der Waals surface area contributed by atoms with Crippen LogP contribution in [0.1, 0.15) is 26.3 Å². The Morgan fingerprint density at radius 1 is 1.03 bits per heavy atom. The number of sulfonamides is 1. The smallest absolute Gasteiger partial charge is 0.259 e. The highest BCUT2D eigenvalue weighted by Gasteiger charge is 2.27. The monoisotopic (exact) mass is 517 g/mol. The van der Waals surface area contributed by atoms with Gasteiger partial charge in [-0.15, -0.1) is 0 Å². The summed E-state index contributed by atoms with van der Waals surface area (Å²) in [7, 11) is -3.71. The van der Waals surface area contributed by atoms with E-state index in [2.05, 4.69) is 10.6 Å². The lowest BCUT2D eigenvalue weighted by Gasteiger charge is -2.28. The molecule has 3 aromatic carbocycles. The molecule has 1 fully saturated rings. The normalized spacial score (nSPS) is 14.9. The zero-order chi connectivity index (χ0) is 25.2. The highest BCUT2D eigenvalue weighted by atomic mass is 35.5. The second-order valence-electron chi connectivity index (χ2n) is 7.82. The second kappa shape index (κ2) is 10.0. The molecular weight excluding hydrogens is 497 g/mol. The van der Waals surface area contributed by atoms with Crippen molar-refractivity contribution >= 4 is 50.5 Å². The van der Waals surface area contributed by atoms with Crippen molar-refractivity contribution < 1.29 is 27.1 Å². The molecule has 182 valence electrons. The topological polar surface area (TPSA) is 105 Å². The maximum absolute atomic E-state index is 14.8. The molecule has 3 aromatic rings. The first-order valence-corrected chi connectivity index (χ1v) is 12.5. The summed E-state index contributed by atoms with van der Waals surface area (Å²) in [6.07, 6.45) is 0. The van der Waals surface area contributed by atoms with Crippen LogP contribution >= 0.6 is 11.6 Å². The molecule has 11 heteroatoms. The number of nitrogens with zero attached hydrogens (tertiary/aromatic N) is 1. The van der Waals surface area contributed by atoms with Gasteiger partial charge in [0.1, 0.15) is 5.82 Å². The zero-order valence-electron chi connectivity index (χ0n) is 18.5. The van der Waals surface area contributed by atoms with Crippen molar-refractivity contribution in [1.82, 2.24) is 0 Å². The third-order valence-electron chi connectivity index (χ3n) is 5.32. The summed E-state index contributed by atoms with van der Waals surface area (Å²) < 4.78 is 45.1. The Bertz CT molecular complexity index is 1410. The van der Waals surface area contributed by atoms with Crippen molar-refractivity contribution in [2.24, 2.45) is 0 Å². The Balaban J connectivity index is 1.50. The largest absolute Gasteiger partial charge is 0.362 e. The van der Waals surface area contributed by atoms with Crippen LogP contribution in [0, 0.1) is 12.7 Å². The van der Waals surface area contributed by atoms with Crippen LogP contribution in [0.3, 0.4) is 0 Å². The average Bonchev–Trinajstić information content (AvgIpc) is 2.80. The van der Waals surface area contributed by atoms with E-state index >= 15 is 0 Å². The van der Waals surface area contributed by atoms with E-state index in [4.69, 9.17) is 16.3 Å². The van der Waals surface area contributed by atoms with Crippen LogP contribution in [0.2, 0.25) is 5.02 Å². The molecule has 4 rings (SSSR count). The molecule has 1 aliphatic rings. The van der Waals surface area contributed by atoms with Gasteiger partial charge in [0.25, 0.3) is 21.8 Å². The summed E-state index contributed by atoms with van der Waals surface area (Å²) in [6.45, 7) is 2.03. The van der Waals surface area contributed by atoms with Crippen molar-refractivity contribution in [3.8, 4) is 0 Å². The number of amides is 2. The van der Waals surface area contributed by atoms with Gasteiger partial charge in [-0.05, 0) is 61.0 Å². The number of carbonyl (C=O) groups is 2. The standard InChI is InChI=1S/C24H21ClFN3O5S/c1-15-5-6-18(12-22(15)28-23(30)16-3-2-4-17(25)11-16)27-24(31)20-8-7-19(13-21(20)26)29-9-10-34-14-35(29,32)33/h2-8,11-13H,9-10,14H2,1H3,(H,27,31)(H,28,30). The predicted molar refractivity (Wildman–Crippen MR) is 132 cm³/mol. The molecule has 0 atom stereocenters. The van der Waals surface area contributed by atoms with Gasteiger partial charge >= 0.3 is 0 Å². The fourth-order valence-electron chi connectivity index (χ4n) is 3.50. The number of hydrogen-bond acceptors (Lipinski definition) is 5. The zero-order valence-corrected chi connectivity index (χ0v) is 20.1. The number of aryl methyl sites for hydroxylation is 1. The molecule has 2 amide bonds. The number of hydrogen-bond donors (Lipinski definition) is 2.